The van der Waals surface area contributed by atoms with Crippen molar-refractivity contribution >= 4 is 5.69 Å². The summed E-state index contributed by atoms with van der Waals surface area (Å²) in [7, 11) is 1.47. The van der Waals surface area contributed by atoms with Gasteiger partial charge < -0.3 is 10.5 Å². The minimum Gasteiger partial charge on any atom is -0.495 e. The standard InChI is InChI=1S/C13H11F3N2O/c1-19-11-6-8(2-4-10(11)17)9-3-5-12(18-7-9)13(14,15)16/h2-7H,17H2,1H3. The molecule has 19 heavy (non-hydrogen) atoms. The van der Waals surface area contributed by atoms with Crippen molar-refractivity contribution in [2.45, 2.75) is 6.18 Å². The summed E-state index contributed by atoms with van der Waals surface area (Å²) in [5.41, 5.74) is 6.46. The Kier molecular flexibility index (Phi) is 3.33. The van der Waals surface area contributed by atoms with Gasteiger partial charge in [-0.25, -0.2) is 0 Å². The highest BCUT2D eigenvalue weighted by molar-refractivity contribution is 5.69. The molecule has 0 unspecified atom stereocenters. The van der Waals surface area contributed by atoms with Crippen molar-refractivity contribution in [1.29, 1.82) is 0 Å². The first-order chi connectivity index (χ1) is 8.91. The van der Waals surface area contributed by atoms with Gasteiger partial charge in [0.15, 0.2) is 0 Å². The van der Waals surface area contributed by atoms with Crippen LogP contribution in [0.5, 0.6) is 5.75 Å². The Hall–Kier alpha value is -2.24. The summed E-state index contributed by atoms with van der Waals surface area (Å²) in [4.78, 5) is 3.41. The molecule has 0 saturated carbocycles. The van der Waals surface area contributed by atoms with Crippen LogP contribution in [-0.2, 0) is 6.18 Å². The third kappa shape index (κ3) is 2.78. The number of anilines is 1. The van der Waals surface area contributed by atoms with Gasteiger partial charge in [0.05, 0.1) is 12.8 Å². The molecule has 0 aliphatic carbocycles. The number of aromatic nitrogens is 1. The normalized spacial score (nSPS) is 11.4. The number of hydrogen-bond acceptors (Lipinski definition) is 3. The zero-order valence-corrected chi connectivity index (χ0v) is 10.0. The average molecular weight is 268 g/mol. The molecule has 0 saturated heterocycles. The summed E-state index contributed by atoms with van der Waals surface area (Å²) in [6.07, 6.45) is -3.26. The first-order valence-corrected chi connectivity index (χ1v) is 5.39. The van der Waals surface area contributed by atoms with Gasteiger partial charge in [0.25, 0.3) is 0 Å². The molecule has 0 radical (unpaired) electrons. The van der Waals surface area contributed by atoms with Gasteiger partial charge in [-0.05, 0) is 23.8 Å². The van der Waals surface area contributed by atoms with Gasteiger partial charge in [0, 0.05) is 11.8 Å². The van der Waals surface area contributed by atoms with E-state index < -0.39 is 11.9 Å². The second-order valence-corrected chi connectivity index (χ2v) is 3.89. The van der Waals surface area contributed by atoms with Crippen LogP contribution in [-0.4, -0.2) is 12.1 Å². The Morgan fingerprint density at radius 1 is 1.11 bits per heavy atom. The molecule has 0 bridgehead atoms. The molecule has 0 amide bonds. The van der Waals surface area contributed by atoms with E-state index in [4.69, 9.17) is 10.5 Å². The van der Waals surface area contributed by atoms with E-state index in [0.717, 1.165) is 6.07 Å². The topological polar surface area (TPSA) is 48.1 Å². The van der Waals surface area contributed by atoms with E-state index in [1.165, 1.54) is 19.4 Å². The van der Waals surface area contributed by atoms with E-state index in [-0.39, 0.29) is 0 Å². The van der Waals surface area contributed by atoms with Crippen LogP contribution in [0.4, 0.5) is 18.9 Å². The number of hydrogen-bond donors (Lipinski definition) is 1. The van der Waals surface area contributed by atoms with Crippen LogP contribution in [0.25, 0.3) is 11.1 Å². The lowest BCUT2D eigenvalue weighted by atomic mass is 10.1. The largest absolute Gasteiger partial charge is 0.495 e. The summed E-state index contributed by atoms with van der Waals surface area (Å²) in [6, 6.07) is 7.28. The first kappa shape index (κ1) is 13.2. The number of nitrogens with two attached hydrogens (primary N) is 1. The van der Waals surface area contributed by atoms with E-state index in [1.807, 2.05) is 0 Å². The molecule has 1 heterocycles. The molecule has 0 fully saturated rings. The van der Waals surface area contributed by atoms with Crippen molar-refractivity contribution in [2.75, 3.05) is 12.8 Å². The highest BCUT2D eigenvalue weighted by Crippen LogP contribution is 2.31. The lowest BCUT2D eigenvalue weighted by Gasteiger charge is -2.09. The van der Waals surface area contributed by atoms with Crippen molar-refractivity contribution in [3.8, 4) is 16.9 Å². The van der Waals surface area contributed by atoms with E-state index in [1.54, 1.807) is 18.2 Å². The van der Waals surface area contributed by atoms with Crippen LogP contribution in [0.2, 0.25) is 0 Å². The van der Waals surface area contributed by atoms with Crippen LogP contribution in [0, 0.1) is 0 Å². The van der Waals surface area contributed by atoms with Gasteiger partial charge in [-0.1, -0.05) is 12.1 Å². The summed E-state index contributed by atoms with van der Waals surface area (Å²) >= 11 is 0. The quantitative estimate of drug-likeness (QED) is 0.849. The van der Waals surface area contributed by atoms with Crippen molar-refractivity contribution in [3.63, 3.8) is 0 Å². The number of rotatable bonds is 2. The van der Waals surface area contributed by atoms with Crippen molar-refractivity contribution in [3.05, 3.63) is 42.2 Å². The SMILES string of the molecule is COc1cc(-c2ccc(C(F)(F)F)nc2)ccc1N. The van der Waals surface area contributed by atoms with Crippen molar-refractivity contribution in [1.82, 2.24) is 4.98 Å². The molecule has 100 valence electrons. The second-order valence-electron chi connectivity index (χ2n) is 3.89. The van der Waals surface area contributed by atoms with Gasteiger partial charge in [-0.15, -0.1) is 0 Å². The molecule has 0 spiro atoms. The molecule has 2 N–H and O–H groups in total. The monoisotopic (exact) mass is 268 g/mol. The Morgan fingerprint density at radius 3 is 2.32 bits per heavy atom. The maximum atomic E-state index is 12.4. The number of ether oxygens (including phenoxy) is 1. The van der Waals surface area contributed by atoms with Crippen LogP contribution in [0.15, 0.2) is 36.5 Å². The maximum absolute atomic E-state index is 12.4. The van der Waals surface area contributed by atoms with Crippen molar-refractivity contribution < 1.29 is 17.9 Å². The summed E-state index contributed by atoms with van der Waals surface area (Å²) < 4.78 is 42.2. The van der Waals surface area contributed by atoms with Crippen LogP contribution in [0.1, 0.15) is 5.69 Å². The Balaban J connectivity index is 2.37. The molecule has 6 heteroatoms. The number of nitrogen functional groups attached to an aromatic ring is 1. The number of pyridine rings is 1. The fourth-order valence-corrected chi connectivity index (χ4v) is 1.62. The molecule has 3 nitrogen and oxygen atoms in total. The van der Waals surface area contributed by atoms with Gasteiger partial charge in [0.2, 0.25) is 0 Å². The smallest absolute Gasteiger partial charge is 0.433 e. The Labute approximate surface area is 107 Å². The highest BCUT2D eigenvalue weighted by Gasteiger charge is 2.32. The van der Waals surface area contributed by atoms with Gasteiger partial charge in [-0.3, -0.25) is 4.98 Å². The molecule has 0 aliphatic rings. The van der Waals surface area contributed by atoms with Gasteiger partial charge in [-0.2, -0.15) is 13.2 Å². The number of nitrogens with zero attached hydrogens (tertiary/aromatic N) is 1. The molecule has 0 atom stereocenters. The third-order valence-electron chi connectivity index (χ3n) is 2.62. The van der Waals surface area contributed by atoms with E-state index in [9.17, 15) is 13.2 Å². The van der Waals surface area contributed by atoms with E-state index >= 15 is 0 Å². The van der Waals surface area contributed by atoms with Crippen molar-refractivity contribution in [2.24, 2.45) is 0 Å². The summed E-state index contributed by atoms with van der Waals surface area (Å²) in [5, 5.41) is 0. The summed E-state index contributed by atoms with van der Waals surface area (Å²) in [5.74, 6) is 0.470. The minimum absolute atomic E-state index is 0.464. The van der Waals surface area contributed by atoms with Crippen LogP contribution >= 0.6 is 0 Å². The number of methoxy groups -OCH3 is 1. The molecular formula is C13H11F3N2O. The Bertz CT molecular complexity index is 579. The third-order valence-corrected chi connectivity index (χ3v) is 2.62. The van der Waals surface area contributed by atoms with Gasteiger partial charge in [0.1, 0.15) is 11.4 Å². The fourth-order valence-electron chi connectivity index (χ4n) is 1.62. The Morgan fingerprint density at radius 2 is 1.79 bits per heavy atom. The fraction of sp³-hybridized carbons (Fsp3) is 0.154. The lowest BCUT2D eigenvalue weighted by molar-refractivity contribution is -0.141. The summed E-state index contributed by atoms with van der Waals surface area (Å²) in [6.45, 7) is 0. The minimum atomic E-state index is -4.43. The average Bonchev–Trinajstić information content (AvgIpc) is 2.38. The molecule has 0 aliphatic heterocycles. The molecule has 1 aromatic carbocycles. The van der Waals surface area contributed by atoms with E-state index in [2.05, 4.69) is 4.98 Å². The highest BCUT2D eigenvalue weighted by atomic mass is 19.4. The maximum Gasteiger partial charge on any atom is 0.433 e. The lowest BCUT2D eigenvalue weighted by Crippen LogP contribution is -2.07. The molecule has 2 rings (SSSR count). The van der Waals surface area contributed by atoms with Crippen LogP contribution in [0.3, 0.4) is 0 Å². The van der Waals surface area contributed by atoms with Gasteiger partial charge >= 0.3 is 6.18 Å². The molecule has 2 aromatic rings. The zero-order chi connectivity index (χ0) is 14.0. The second kappa shape index (κ2) is 4.79. The number of halogens is 3. The predicted octanol–water partition coefficient (Wildman–Crippen LogP) is 3.36. The predicted molar refractivity (Wildman–Crippen MR) is 65.6 cm³/mol. The van der Waals surface area contributed by atoms with Crippen LogP contribution < -0.4 is 10.5 Å². The molecular weight excluding hydrogens is 257 g/mol. The number of benzene rings is 1. The zero-order valence-electron chi connectivity index (χ0n) is 10.0. The molecule has 1 aromatic heterocycles. The number of alkyl halides is 3. The first-order valence-electron chi connectivity index (χ1n) is 5.39. The van der Waals surface area contributed by atoms with E-state index in [0.29, 0.717) is 22.6 Å².